The summed E-state index contributed by atoms with van der Waals surface area (Å²) in [7, 11) is 0. The number of benzene rings is 1. The van der Waals surface area contributed by atoms with Crippen molar-refractivity contribution in [1.82, 2.24) is 9.38 Å². The van der Waals surface area contributed by atoms with E-state index in [1.807, 2.05) is 0 Å². The number of aromatic nitrogens is 2. The van der Waals surface area contributed by atoms with Crippen molar-refractivity contribution in [2.45, 2.75) is 19.5 Å². The largest absolute Gasteiger partial charge is 0.416 e. The Morgan fingerprint density at radius 3 is 2.59 bits per heavy atom. The zero-order valence-corrected chi connectivity index (χ0v) is 16.1. The van der Waals surface area contributed by atoms with Gasteiger partial charge in [-0.05, 0) is 18.6 Å². The number of nitrogens with zero attached hydrogens (tertiary/aromatic N) is 3. The van der Waals surface area contributed by atoms with Gasteiger partial charge in [0.15, 0.2) is 5.65 Å². The van der Waals surface area contributed by atoms with Crippen LogP contribution in [0.4, 0.5) is 24.5 Å². The van der Waals surface area contributed by atoms with Gasteiger partial charge in [0.05, 0.1) is 38.3 Å². The van der Waals surface area contributed by atoms with E-state index < -0.39 is 28.3 Å². The number of nitrogens with one attached hydrogen (secondary N) is 1. The highest BCUT2D eigenvalue weighted by Crippen LogP contribution is 2.37. The van der Waals surface area contributed by atoms with Crippen LogP contribution in [-0.4, -0.2) is 20.2 Å². The van der Waals surface area contributed by atoms with Crippen LogP contribution in [0.3, 0.4) is 0 Å². The monoisotopic (exact) mass is 446 g/mol. The number of alkyl halides is 3. The van der Waals surface area contributed by atoms with Crippen LogP contribution < -0.4 is 5.32 Å². The molecule has 0 aliphatic heterocycles. The van der Waals surface area contributed by atoms with Crippen LogP contribution in [0.5, 0.6) is 0 Å². The summed E-state index contributed by atoms with van der Waals surface area (Å²) in [4.78, 5) is 26.5. The van der Waals surface area contributed by atoms with E-state index in [1.165, 1.54) is 22.9 Å². The summed E-state index contributed by atoms with van der Waals surface area (Å²) in [5.74, 6) is -0.702. The standard InChI is InChI=1S/C17H11Cl2F3N4O3/c1-8-12(17(20,21)22)4-11(26(28)29)5-14(8)24-15(27)3-10-7-25-6-9(18)2-13(19)16(25)23-10/h2,4-7H,3H2,1H3,(H,24,27). The fourth-order valence-electron chi connectivity index (χ4n) is 2.75. The van der Waals surface area contributed by atoms with E-state index in [4.69, 9.17) is 23.2 Å². The van der Waals surface area contributed by atoms with Crippen LogP contribution in [0.25, 0.3) is 5.65 Å². The van der Waals surface area contributed by atoms with E-state index >= 15 is 0 Å². The first-order valence-corrected chi connectivity index (χ1v) is 8.70. The van der Waals surface area contributed by atoms with Crippen molar-refractivity contribution >= 4 is 46.1 Å². The molecule has 2 heterocycles. The lowest BCUT2D eigenvalue weighted by Crippen LogP contribution is -2.17. The van der Waals surface area contributed by atoms with Crippen molar-refractivity contribution in [3.63, 3.8) is 0 Å². The molecular weight excluding hydrogens is 436 g/mol. The molecular formula is C17H11Cl2F3N4O3. The Morgan fingerprint density at radius 2 is 1.97 bits per heavy atom. The summed E-state index contributed by atoms with van der Waals surface area (Å²) in [5.41, 5.74) is -1.98. The van der Waals surface area contributed by atoms with Gasteiger partial charge in [-0.1, -0.05) is 23.2 Å². The number of fused-ring (bicyclic) bond motifs is 1. The highest BCUT2D eigenvalue weighted by Gasteiger charge is 2.35. The Morgan fingerprint density at radius 1 is 1.28 bits per heavy atom. The number of pyridine rings is 1. The third-order valence-electron chi connectivity index (χ3n) is 4.05. The number of amides is 1. The van der Waals surface area contributed by atoms with Crippen molar-refractivity contribution in [2.75, 3.05) is 5.32 Å². The molecule has 12 heteroatoms. The third-order valence-corrected chi connectivity index (χ3v) is 4.53. The van der Waals surface area contributed by atoms with Gasteiger partial charge in [0.25, 0.3) is 5.69 Å². The zero-order chi connectivity index (χ0) is 21.5. The van der Waals surface area contributed by atoms with Gasteiger partial charge in [-0.2, -0.15) is 13.2 Å². The molecule has 1 N–H and O–H groups in total. The lowest BCUT2D eigenvalue weighted by molar-refractivity contribution is -0.385. The zero-order valence-electron chi connectivity index (χ0n) is 14.6. The molecule has 3 rings (SSSR count). The fraction of sp³-hybridized carbons (Fsp3) is 0.176. The predicted octanol–water partition coefficient (Wildman–Crippen LogP) is 5.06. The molecule has 1 aromatic carbocycles. The van der Waals surface area contributed by atoms with Crippen LogP contribution in [-0.2, 0) is 17.4 Å². The molecule has 0 aliphatic carbocycles. The number of halogens is 5. The molecule has 3 aromatic rings. The summed E-state index contributed by atoms with van der Waals surface area (Å²) in [5, 5.41) is 13.9. The van der Waals surface area contributed by atoms with Crippen LogP contribution >= 0.6 is 23.2 Å². The van der Waals surface area contributed by atoms with Gasteiger partial charge >= 0.3 is 6.18 Å². The first-order valence-electron chi connectivity index (χ1n) is 7.94. The number of non-ortho nitro benzene ring substituents is 1. The molecule has 0 fully saturated rings. The Labute approximate surface area is 171 Å². The second-order valence-corrected chi connectivity index (χ2v) is 6.96. The van der Waals surface area contributed by atoms with Crippen LogP contribution in [0.2, 0.25) is 10.0 Å². The number of hydrogen-bond donors (Lipinski definition) is 1. The predicted molar refractivity (Wildman–Crippen MR) is 100 cm³/mol. The molecule has 152 valence electrons. The van der Waals surface area contributed by atoms with Crippen LogP contribution in [0, 0.1) is 17.0 Å². The van der Waals surface area contributed by atoms with E-state index in [1.54, 1.807) is 0 Å². The highest BCUT2D eigenvalue weighted by atomic mass is 35.5. The quantitative estimate of drug-likeness (QED) is 0.448. The van der Waals surface area contributed by atoms with Crippen molar-refractivity contribution in [3.8, 4) is 0 Å². The minimum Gasteiger partial charge on any atom is -0.325 e. The van der Waals surface area contributed by atoms with Crippen molar-refractivity contribution in [2.24, 2.45) is 0 Å². The maximum atomic E-state index is 13.2. The Kier molecular flexibility index (Phi) is 5.42. The molecule has 7 nitrogen and oxygen atoms in total. The number of rotatable bonds is 4. The number of carbonyl (C=O) groups excluding carboxylic acids is 1. The van der Waals surface area contributed by atoms with Gasteiger partial charge in [-0.15, -0.1) is 0 Å². The van der Waals surface area contributed by atoms with E-state index in [0.29, 0.717) is 16.7 Å². The van der Waals surface area contributed by atoms with Gasteiger partial charge in [-0.25, -0.2) is 4.98 Å². The number of nitro groups is 1. The summed E-state index contributed by atoms with van der Waals surface area (Å²) < 4.78 is 41.0. The number of hydrogen-bond acceptors (Lipinski definition) is 4. The van der Waals surface area contributed by atoms with Crippen molar-refractivity contribution in [1.29, 1.82) is 0 Å². The average Bonchev–Trinajstić information content (AvgIpc) is 2.97. The van der Waals surface area contributed by atoms with E-state index in [0.717, 1.165) is 13.0 Å². The average molecular weight is 447 g/mol. The smallest absolute Gasteiger partial charge is 0.325 e. The maximum Gasteiger partial charge on any atom is 0.416 e. The van der Waals surface area contributed by atoms with E-state index in [2.05, 4.69) is 10.3 Å². The molecule has 0 radical (unpaired) electrons. The molecule has 0 aliphatic rings. The maximum absolute atomic E-state index is 13.2. The van der Waals surface area contributed by atoms with E-state index in [9.17, 15) is 28.1 Å². The van der Waals surface area contributed by atoms with Gasteiger partial charge in [0, 0.05) is 24.5 Å². The molecule has 0 saturated heterocycles. The topological polar surface area (TPSA) is 89.5 Å². The molecule has 0 unspecified atom stereocenters. The Hall–Kier alpha value is -2.85. The molecule has 2 aromatic heterocycles. The van der Waals surface area contributed by atoms with Crippen molar-refractivity contribution in [3.05, 3.63) is 67.6 Å². The molecule has 29 heavy (non-hydrogen) atoms. The number of nitro benzene ring substituents is 1. The minimum absolute atomic E-state index is 0.258. The highest BCUT2D eigenvalue weighted by molar-refractivity contribution is 6.36. The summed E-state index contributed by atoms with van der Waals surface area (Å²) in [6, 6.07) is 2.78. The Balaban J connectivity index is 1.90. The fourth-order valence-corrected chi connectivity index (χ4v) is 3.28. The van der Waals surface area contributed by atoms with Crippen LogP contribution in [0.1, 0.15) is 16.8 Å². The third kappa shape index (κ3) is 4.43. The van der Waals surface area contributed by atoms with Crippen molar-refractivity contribution < 1.29 is 22.9 Å². The first kappa shape index (κ1) is 20.9. The van der Waals surface area contributed by atoms with Gasteiger partial charge in [0.1, 0.15) is 0 Å². The second-order valence-electron chi connectivity index (χ2n) is 6.12. The first-order chi connectivity index (χ1) is 13.5. The second kappa shape index (κ2) is 7.53. The molecule has 0 spiro atoms. The van der Waals surface area contributed by atoms with Gasteiger partial charge in [0.2, 0.25) is 5.91 Å². The number of anilines is 1. The lowest BCUT2D eigenvalue weighted by Gasteiger charge is -2.14. The SMILES string of the molecule is Cc1c(NC(=O)Cc2cn3cc(Cl)cc(Cl)c3n2)cc([N+](=O)[O-])cc1C(F)(F)F. The molecule has 0 saturated carbocycles. The Bertz CT molecular complexity index is 1150. The molecule has 0 atom stereocenters. The summed E-state index contributed by atoms with van der Waals surface area (Å²) in [6.45, 7) is 1.12. The minimum atomic E-state index is -4.81. The van der Waals surface area contributed by atoms with E-state index in [-0.39, 0.29) is 28.4 Å². The molecule has 1 amide bonds. The number of imidazole rings is 1. The van der Waals surface area contributed by atoms with Crippen LogP contribution in [0.15, 0.2) is 30.6 Å². The summed E-state index contributed by atoms with van der Waals surface area (Å²) >= 11 is 11.9. The normalized spacial score (nSPS) is 11.7. The van der Waals surface area contributed by atoms with Gasteiger partial charge < -0.3 is 9.72 Å². The molecule has 0 bridgehead atoms. The number of carbonyl (C=O) groups is 1. The summed E-state index contributed by atoms with van der Waals surface area (Å²) in [6.07, 6.45) is -2.09. The van der Waals surface area contributed by atoms with Gasteiger partial charge in [-0.3, -0.25) is 14.9 Å². The lowest BCUT2D eigenvalue weighted by atomic mass is 10.0.